The molecule has 1 amide bonds. The molecule has 1 N–H and O–H groups in total. The van der Waals surface area contributed by atoms with Gasteiger partial charge in [-0.05, 0) is 24.3 Å². The molecule has 1 aromatic carbocycles. The van der Waals surface area contributed by atoms with Gasteiger partial charge in [0.05, 0.1) is 18.7 Å². The lowest BCUT2D eigenvalue weighted by atomic mass is 10.0. The second-order valence-corrected chi connectivity index (χ2v) is 6.30. The van der Waals surface area contributed by atoms with Crippen LogP contribution in [0.2, 0.25) is 0 Å². The molecule has 1 aliphatic heterocycles. The Hall–Kier alpha value is -2.18. The summed E-state index contributed by atoms with van der Waals surface area (Å²) in [4.78, 5) is 12.0. The molecular weight excluding hydrogens is 320 g/mol. The molecule has 0 aliphatic carbocycles. The fourth-order valence-corrected chi connectivity index (χ4v) is 2.79. The number of ether oxygens (including phenoxy) is 2. The standard InChI is InChI=1S/C19H24N2O4/c22-19(20-12-15-6-8-23-9-7-15)11-17-10-18(25-21-17)14-24-13-16-4-2-1-3-5-16/h1-5,10,15H,6-9,11-14H2,(H,20,22). The third kappa shape index (κ3) is 5.99. The Kier molecular flexibility index (Phi) is 6.59. The highest BCUT2D eigenvalue weighted by atomic mass is 16.5. The van der Waals surface area contributed by atoms with E-state index in [1.54, 1.807) is 6.07 Å². The van der Waals surface area contributed by atoms with Gasteiger partial charge in [0, 0.05) is 25.8 Å². The van der Waals surface area contributed by atoms with Crippen LogP contribution in [0.5, 0.6) is 0 Å². The van der Waals surface area contributed by atoms with Crippen LogP contribution in [-0.2, 0) is 33.9 Å². The van der Waals surface area contributed by atoms with Gasteiger partial charge in [0.2, 0.25) is 5.91 Å². The topological polar surface area (TPSA) is 73.6 Å². The fourth-order valence-electron chi connectivity index (χ4n) is 2.79. The molecule has 0 bridgehead atoms. The maximum atomic E-state index is 12.0. The molecule has 134 valence electrons. The number of rotatable bonds is 8. The zero-order valence-corrected chi connectivity index (χ0v) is 14.3. The predicted molar refractivity (Wildman–Crippen MR) is 91.7 cm³/mol. The highest BCUT2D eigenvalue weighted by Gasteiger charge is 2.15. The average molecular weight is 344 g/mol. The molecule has 1 aliphatic rings. The lowest BCUT2D eigenvalue weighted by molar-refractivity contribution is -0.120. The summed E-state index contributed by atoms with van der Waals surface area (Å²) in [7, 11) is 0. The molecule has 6 heteroatoms. The monoisotopic (exact) mass is 344 g/mol. The van der Waals surface area contributed by atoms with Gasteiger partial charge >= 0.3 is 0 Å². The van der Waals surface area contributed by atoms with E-state index in [-0.39, 0.29) is 12.3 Å². The minimum Gasteiger partial charge on any atom is -0.381 e. The zero-order valence-electron chi connectivity index (χ0n) is 14.3. The van der Waals surface area contributed by atoms with Gasteiger partial charge in [0.15, 0.2) is 5.76 Å². The Bertz CT molecular complexity index is 650. The van der Waals surface area contributed by atoms with E-state index in [1.807, 2.05) is 30.3 Å². The molecule has 0 saturated carbocycles. The summed E-state index contributed by atoms with van der Waals surface area (Å²) in [5.41, 5.74) is 1.73. The summed E-state index contributed by atoms with van der Waals surface area (Å²) < 4.78 is 16.1. The summed E-state index contributed by atoms with van der Waals surface area (Å²) >= 11 is 0. The molecule has 0 atom stereocenters. The number of aromatic nitrogens is 1. The third-order valence-electron chi connectivity index (χ3n) is 4.23. The quantitative estimate of drug-likeness (QED) is 0.796. The van der Waals surface area contributed by atoms with E-state index in [2.05, 4.69) is 10.5 Å². The van der Waals surface area contributed by atoms with Gasteiger partial charge in [0.25, 0.3) is 0 Å². The molecule has 0 spiro atoms. The number of hydrogen-bond donors (Lipinski definition) is 1. The van der Waals surface area contributed by atoms with Crippen molar-refractivity contribution in [1.29, 1.82) is 0 Å². The molecule has 6 nitrogen and oxygen atoms in total. The summed E-state index contributed by atoms with van der Waals surface area (Å²) in [6.07, 6.45) is 2.24. The van der Waals surface area contributed by atoms with Crippen LogP contribution in [0.4, 0.5) is 0 Å². The van der Waals surface area contributed by atoms with Crippen LogP contribution in [0, 0.1) is 5.92 Å². The number of amides is 1. The van der Waals surface area contributed by atoms with E-state index < -0.39 is 0 Å². The van der Waals surface area contributed by atoms with Crippen LogP contribution in [0.3, 0.4) is 0 Å². The number of carbonyl (C=O) groups excluding carboxylic acids is 1. The number of hydrogen-bond acceptors (Lipinski definition) is 5. The Balaban J connectivity index is 1.36. The van der Waals surface area contributed by atoms with Crippen LogP contribution in [0.25, 0.3) is 0 Å². The zero-order chi connectivity index (χ0) is 17.3. The maximum Gasteiger partial charge on any atom is 0.226 e. The van der Waals surface area contributed by atoms with Crippen molar-refractivity contribution in [2.24, 2.45) is 5.92 Å². The highest BCUT2D eigenvalue weighted by molar-refractivity contribution is 5.78. The molecule has 1 saturated heterocycles. The Morgan fingerprint density at radius 1 is 1.20 bits per heavy atom. The van der Waals surface area contributed by atoms with Gasteiger partial charge < -0.3 is 19.3 Å². The van der Waals surface area contributed by atoms with Crippen molar-refractivity contribution in [1.82, 2.24) is 10.5 Å². The number of benzene rings is 1. The first-order valence-corrected chi connectivity index (χ1v) is 8.70. The van der Waals surface area contributed by atoms with Gasteiger partial charge in [-0.15, -0.1) is 0 Å². The Morgan fingerprint density at radius 2 is 2.00 bits per heavy atom. The van der Waals surface area contributed by atoms with Crippen LogP contribution in [0.1, 0.15) is 29.9 Å². The smallest absolute Gasteiger partial charge is 0.226 e. The molecule has 2 heterocycles. The van der Waals surface area contributed by atoms with E-state index in [0.29, 0.717) is 37.1 Å². The van der Waals surface area contributed by atoms with Crippen molar-refractivity contribution >= 4 is 5.91 Å². The summed E-state index contributed by atoms with van der Waals surface area (Å²) in [5.74, 6) is 1.11. The van der Waals surface area contributed by atoms with Crippen molar-refractivity contribution < 1.29 is 18.8 Å². The first-order chi connectivity index (χ1) is 12.3. The summed E-state index contributed by atoms with van der Waals surface area (Å²) in [6, 6.07) is 11.7. The second kappa shape index (κ2) is 9.34. The summed E-state index contributed by atoms with van der Waals surface area (Å²) in [6.45, 7) is 3.13. The number of carbonyl (C=O) groups is 1. The minimum absolute atomic E-state index is 0.0310. The highest BCUT2D eigenvalue weighted by Crippen LogP contribution is 2.13. The molecule has 1 aromatic heterocycles. The molecular formula is C19H24N2O4. The lowest BCUT2D eigenvalue weighted by Gasteiger charge is -2.21. The number of nitrogens with zero attached hydrogens (tertiary/aromatic N) is 1. The van der Waals surface area contributed by atoms with Crippen molar-refractivity contribution in [2.45, 2.75) is 32.5 Å². The van der Waals surface area contributed by atoms with Crippen molar-refractivity contribution in [3.63, 3.8) is 0 Å². The molecule has 0 radical (unpaired) electrons. The lowest BCUT2D eigenvalue weighted by Crippen LogP contribution is -2.33. The molecule has 25 heavy (non-hydrogen) atoms. The van der Waals surface area contributed by atoms with Gasteiger partial charge in [-0.2, -0.15) is 0 Å². The van der Waals surface area contributed by atoms with Crippen molar-refractivity contribution in [2.75, 3.05) is 19.8 Å². The average Bonchev–Trinajstić information content (AvgIpc) is 3.09. The maximum absolute atomic E-state index is 12.0. The molecule has 3 rings (SSSR count). The Morgan fingerprint density at radius 3 is 2.80 bits per heavy atom. The van der Waals surface area contributed by atoms with E-state index in [9.17, 15) is 4.79 Å². The van der Waals surface area contributed by atoms with Gasteiger partial charge in [-0.1, -0.05) is 35.5 Å². The predicted octanol–water partition coefficient (Wildman–Crippen LogP) is 2.48. The van der Waals surface area contributed by atoms with Crippen LogP contribution < -0.4 is 5.32 Å². The normalized spacial score (nSPS) is 15.2. The van der Waals surface area contributed by atoms with E-state index in [0.717, 1.165) is 31.6 Å². The van der Waals surface area contributed by atoms with Crippen LogP contribution in [-0.4, -0.2) is 30.8 Å². The third-order valence-corrected chi connectivity index (χ3v) is 4.23. The second-order valence-electron chi connectivity index (χ2n) is 6.30. The SMILES string of the molecule is O=C(Cc1cc(COCc2ccccc2)on1)NCC1CCOCC1. The van der Waals surface area contributed by atoms with Gasteiger partial charge in [0.1, 0.15) is 6.61 Å². The largest absolute Gasteiger partial charge is 0.381 e. The van der Waals surface area contributed by atoms with E-state index in [4.69, 9.17) is 14.0 Å². The van der Waals surface area contributed by atoms with Crippen molar-refractivity contribution in [3.8, 4) is 0 Å². The van der Waals surface area contributed by atoms with Crippen molar-refractivity contribution in [3.05, 3.63) is 53.4 Å². The first-order valence-electron chi connectivity index (χ1n) is 8.70. The van der Waals surface area contributed by atoms with Gasteiger partial charge in [-0.3, -0.25) is 4.79 Å². The van der Waals surface area contributed by atoms with E-state index >= 15 is 0 Å². The molecule has 1 fully saturated rings. The summed E-state index contributed by atoms with van der Waals surface area (Å²) in [5, 5.41) is 6.91. The minimum atomic E-state index is -0.0310. The first kappa shape index (κ1) is 17.6. The molecule has 0 unspecified atom stereocenters. The number of nitrogens with one attached hydrogen (secondary N) is 1. The van der Waals surface area contributed by atoms with Crippen LogP contribution >= 0.6 is 0 Å². The van der Waals surface area contributed by atoms with Crippen LogP contribution in [0.15, 0.2) is 40.9 Å². The van der Waals surface area contributed by atoms with E-state index in [1.165, 1.54) is 0 Å². The van der Waals surface area contributed by atoms with Gasteiger partial charge in [-0.25, -0.2) is 0 Å². The molecule has 2 aromatic rings. The Labute approximate surface area is 147 Å². The fraction of sp³-hybridized carbons (Fsp3) is 0.474.